The first-order valence-electron chi connectivity index (χ1n) is 7.01. The minimum Gasteiger partial charge on any atom is -0.507 e. The molecule has 2 N–H and O–H groups in total. The molecular weight excluding hydrogens is 276 g/mol. The van der Waals surface area contributed by atoms with E-state index in [0.717, 1.165) is 11.1 Å². The van der Waals surface area contributed by atoms with Crippen molar-refractivity contribution in [2.75, 3.05) is 0 Å². The monoisotopic (exact) mass is 292 g/mol. The molecule has 0 radical (unpaired) electrons. The van der Waals surface area contributed by atoms with Crippen LogP contribution in [0, 0.1) is 13.8 Å². The molecule has 2 aromatic carbocycles. The average Bonchev–Trinajstić information content (AvgIpc) is 2.96. The summed E-state index contributed by atoms with van der Waals surface area (Å²) < 4.78 is 0. The van der Waals surface area contributed by atoms with Crippen molar-refractivity contribution in [3.8, 4) is 17.0 Å². The third-order valence-corrected chi connectivity index (χ3v) is 3.70. The first-order chi connectivity index (χ1) is 10.6. The van der Waals surface area contributed by atoms with Gasteiger partial charge in [0.1, 0.15) is 5.75 Å². The van der Waals surface area contributed by atoms with Crippen molar-refractivity contribution in [2.45, 2.75) is 13.8 Å². The van der Waals surface area contributed by atoms with Gasteiger partial charge < -0.3 is 5.11 Å². The van der Waals surface area contributed by atoms with Crippen LogP contribution < -0.4 is 0 Å². The standard InChI is InChI=1S/C18H16N2O2/c1-11-7-8-14(16(21)9-11)17-15(10-19-20-17)18(22)13-6-4-3-5-12(13)2/h3-10,21H,1-2H3,(H,19,20). The molecule has 110 valence electrons. The molecule has 22 heavy (non-hydrogen) atoms. The van der Waals surface area contributed by atoms with E-state index in [1.807, 2.05) is 38.1 Å². The molecule has 0 bridgehead atoms. The Morgan fingerprint density at radius 1 is 1.09 bits per heavy atom. The molecule has 4 heteroatoms. The Kier molecular flexibility index (Phi) is 3.51. The fourth-order valence-corrected chi connectivity index (χ4v) is 2.49. The van der Waals surface area contributed by atoms with Crippen molar-refractivity contribution in [2.24, 2.45) is 0 Å². The molecule has 0 saturated heterocycles. The summed E-state index contributed by atoms with van der Waals surface area (Å²) in [5.74, 6) is 0.0184. The van der Waals surface area contributed by atoms with Gasteiger partial charge in [-0.15, -0.1) is 0 Å². The second kappa shape index (κ2) is 5.48. The van der Waals surface area contributed by atoms with Gasteiger partial charge in [0, 0.05) is 11.1 Å². The minimum absolute atomic E-state index is 0.109. The number of phenols is 1. The summed E-state index contributed by atoms with van der Waals surface area (Å²) in [5, 5.41) is 16.9. The molecular formula is C18H16N2O2. The number of hydrogen-bond acceptors (Lipinski definition) is 3. The molecule has 1 heterocycles. The molecule has 0 aliphatic heterocycles. The third-order valence-electron chi connectivity index (χ3n) is 3.70. The number of aromatic amines is 1. The zero-order valence-corrected chi connectivity index (χ0v) is 12.4. The van der Waals surface area contributed by atoms with Gasteiger partial charge in [0.05, 0.1) is 17.5 Å². The number of aryl methyl sites for hydroxylation is 2. The molecule has 3 aromatic rings. The maximum atomic E-state index is 12.8. The number of ketones is 1. The lowest BCUT2D eigenvalue weighted by molar-refractivity contribution is 0.103. The van der Waals surface area contributed by atoms with Gasteiger partial charge >= 0.3 is 0 Å². The van der Waals surface area contributed by atoms with Crippen LogP contribution in [0.15, 0.2) is 48.7 Å². The lowest BCUT2D eigenvalue weighted by atomic mass is 9.96. The second-order valence-corrected chi connectivity index (χ2v) is 5.32. The average molecular weight is 292 g/mol. The van der Waals surface area contributed by atoms with Crippen LogP contribution in [0.25, 0.3) is 11.3 Å². The van der Waals surface area contributed by atoms with E-state index in [4.69, 9.17) is 0 Å². The van der Waals surface area contributed by atoms with E-state index in [0.29, 0.717) is 22.4 Å². The van der Waals surface area contributed by atoms with Gasteiger partial charge in [-0.3, -0.25) is 9.89 Å². The van der Waals surface area contributed by atoms with Crippen LogP contribution in [0.2, 0.25) is 0 Å². The number of aromatic hydroxyl groups is 1. The normalized spacial score (nSPS) is 10.6. The Balaban J connectivity index is 2.10. The molecule has 0 spiro atoms. The van der Waals surface area contributed by atoms with Gasteiger partial charge in [-0.1, -0.05) is 30.3 Å². The molecule has 1 aromatic heterocycles. The zero-order valence-electron chi connectivity index (χ0n) is 12.4. The number of H-pyrrole nitrogens is 1. The quantitative estimate of drug-likeness (QED) is 0.724. The molecule has 0 unspecified atom stereocenters. The van der Waals surface area contributed by atoms with E-state index < -0.39 is 0 Å². The smallest absolute Gasteiger partial charge is 0.197 e. The fraction of sp³-hybridized carbons (Fsp3) is 0.111. The topological polar surface area (TPSA) is 66.0 Å². The van der Waals surface area contributed by atoms with Crippen molar-refractivity contribution < 1.29 is 9.90 Å². The van der Waals surface area contributed by atoms with Crippen molar-refractivity contribution >= 4 is 5.78 Å². The Bertz CT molecular complexity index is 850. The predicted molar refractivity (Wildman–Crippen MR) is 85.0 cm³/mol. The molecule has 0 aliphatic rings. The highest BCUT2D eigenvalue weighted by Crippen LogP contribution is 2.31. The van der Waals surface area contributed by atoms with Crippen LogP contribution in [-0.4, -0.2) is 21.1 Å². The van der Waals surface area contributed by atoms with Crippen molar-refractivity contribution in [1.82, 2.24) is 10.2 Å². The van der Waals surface area contributed by atoms with Crippen molar-refractivity contribution in [3.05, 3.63) is 70.9 Å². The first kappa shape index (κ1) is 14.1. The number of phenolic OH excluding ortho intramolecular Hbond substituents is 1. The number of hydrogen-bond donors (Lipinski definition) is 2. The number of benzene rings is 2. The highest BCUT2D eigenvalue weighted by Gasteiger charge is 2.20. The number of nitrogens with one attached hydrogen (secondary N) is 1. The molecule has 0 atom stereocenters. The van der Waals surface area contributed by atoms with Gasteiger partial charge in [-0.2, -0.15) is 5.10 Å². The zero-order chi connectivity index (χ0) is 15.7. The van der Waals surface area contributed by atoms with Crippen LogP contribution in [0.3, 0.4) is 0 Å². The third kappa shape index (κ3) is 2.39. The minimum atomic E-state index is -0.109. The fourth-order valence-electron chi connectivity index (χ4n) is 2.49. The number of carbonyl (C=O) groups is 1. The van der Waals surface area contributed by atoms with Gasteiger partial charge in [-0.05, 0) is 37.1 Å². The van der Waals surface area contributed by atoms with Crippen molar-refractivity contribution in [3.63, 3.8) is 0 Å². The van der Waals surface area contributed by atoms with Gasteiger partial charge in [0.15, 0.2) is 5.78 Å². The summed E-state index contributed by atoms with van der Waals surface area (Å²) in [6.45, 7) is 3.80. The predicted octanol–water partition coefficient (Wildman–Crippen LogP) is 3.63. The van der Waals surface area contributed by atoms with Crippen LogP contribution in [-0.2, 0) is 0 Å². The SMILES string of the molecule is Cc1ccc(-c2[nH]ncc2C(=O)c2ccccc2C)c(O)c1. The van der Waals surface area contributed by atoms with Crippen molar-refractivity contribution in [1.29, 1.82) is 0 Å². The summed E-state index contributed by atoms with van der Waals surface area (Å²) in [4.78, 5) is 12.8. The number of rotatable bonds is 3. The highest BCUT2D eigenvalue weighted by atomic mass is 16.3. The second-order valence-electron chi connectivity index (χ2n) is 5.32. The Morgan fingerprint density at radius 2 is 1.86 bits per heavy atom. The van der Waals surface area contributed by atoms with E-state index in [1.165, 1.54) is 6.20 Å². The van der Waals surface area contributed by atoms with E-state index in [1.54, 1.807) is 18.2 Å². The highest BCUT2D eigenvalue weighted by molar-refractivity contribution is 6.13. The van der Waals surface area contributed by atoms with Gasteiger partial charge in [0.2, 0.25) is 0 Å². The summed E-state index contributed by atoms with van der Waals surface area (Å²) in [7, 11) is 0. The van der Waals surface area contributed by atoms with E-state index >= 15 is 0 Å². The summed E-state index contributed by atoms with van der Waals surface area (Å²) >= 11 is 0. The number of carbonyl (C=O) groups excluding carboxylic acids is 1. The molecule has 0 fully saturated rings. The Morgan fingerprint density at radius 3 is 2.59 bits per heavy atom. The van der Waals surface area contributed by atoms with Gasteiger partial charge in [-0.25, -0.2) is 0 Å². The van der Waals surface area contributed by atoms with Crippen LogP contribution in [0.4, 0.5) is 0 Å². The molecule has 0 aliphatic carbocycles. The summed E-state index contributed by atoms with van der Waals surface area (Å²) in [6.07, 6.45) is 1.50. The maximum Gasteiger partial charge on any atom is 0.197 e. The maximum absolute atomic E-state index is 12.8. The molecule has 0 amide bonds. The lowest BCUT2D eigenvalue weighted by Gasteiger charge is -2.07. The summed E-state index contributed by atoms with van der Waals surface area (Å²) in [5.41, 5.74) is 4.05. The molecule has 3 rings (SSSR count). The Hall–Kier alpha value is -2.88. The van der Waals surface area contributed by atoms with E-state index in [2.05, 4.69) is 10.2 Å². The van der Waals surface area contributed by atoms with E-state index in [-0.39, 0.29) is 11.5 Å². The van der Waals surface area contributed by atoms with Gasteiger partial charge in [0.25, 0.3) is 0 Å². The lowest BCUT2D eigenvalue weighted by Crippen LogP contribution is -2.04. The Labute approximate surface area is 128 Å². The van der Waals surface area contributed by atoms with Crippen LogP contribution in [0.5, 0.6) is 5.75 Å². The molecule has 4 nitrogen and oxygen atoms in total. The van der Waals surface area contributed by atoms with Crippen LogP contribution >= 0.6 is 0 Å². The first-order valence-corrected chi connectivity index (χ1v) is 7.01. The largest absolute Gasteiger partial charge is 0.507 e. The number of aromatic nitrogens is 2. The van der Waals surface area contributed by atoms with E-state index in [9.17, 15) is 9.90 Å². The molecule has 0 saturated carbocycles. The summed E-state index contributed by atoms with van der Waals surface area (Å²) in [6, 6.07) is 12.8. The van der Waals surface area contributed by atoms with Crippen LogP contribution in [0.1, 0.15) is 27.0 Å². The number of nitrogens with zero attached hydrogens (tertiary/aromatic N) is 1.